The van der Waals surface area contributed by atoms with Gasteiger partial charge in [-0.05, 0) is 25.0 Å². The van der Waals surface area contributed by atoms with Crippen LogP contribution in [-0.4, -0.2) is 19.4 Å². The Morgan fingerprint density at radius 3 is 2.72 bits per heavy atom. The molecule has 1 atom stereocenters. The normalized spacial score (nSPS) is 13.2. The van der Waals surface area contributed by atoms with Crippen LogP contribution in [0, 0.1) is 0 Å². The van der Waals surface area contributed by atoms with Crippen LogP contribution in [0.1, 0.15) is 31.4 Å². The molecule has 0 aliphatic rings. The van der Waals surface area contributed by atoms with Crippen molar-refractivity contribution in [3.05, 3.63) is 35.4 Å². The Morgan fingerprint density at radius 2 is 2.17 bits per heavy atom. The maximum atomic E-state index is 11.9. The highest BCUT2D eigenvalue weighted by atomic mass is 32.2. The van der Waals surface area contributed by atoms with Gasteiger partial charge in [-0.3, -0.25) is 0 Å². The van der Waals surface area contributed by atoms with E-state index in [0.717, 1.165) is 6.42 Å². The van der Waals surface area contributed by atoms with Crippen molar-refractivity contribution >= 4 is 27.2 Å². The Kier molecular flexibility index (Phi) is 5.25. The van der Waals surface area contributed by atoms with Crippen LogP contribution in [0.4, 0.5) is 0 Å². The van der Waals surface area contributed by atoms with Crippen molar-refractivity contribution in [3.63, 3.8) is 0 Å². The van der Waals surface area contributed by atoms with E-state index in [1.165, 1.54) is 0 Å². The number of nitrogens with two attached hydrogens (primary N) is 1. The molecule has 1 aromatic carbocycles. The van der Waals surface area contributed by atoms with Crippen molar-refractivity contribution in [1.29, 1.82) is 0 Å². The highest BCUT2D eigenvalue weighted by Gasteiger charge is 2.14. The molecule has 0 aliphatic carbocycles. The van der Waals surface area contributed by atoms with Gasteiger partial charge in [-0.25, -0.2) is 13.1 Å². The summed E-state index contributed by atoms with van der Waals surface area (Å²) >= 11 is 4.86. The molecule has 0 radical (unpaired) electrons. The first-order valence-corrected chi connectivity index (χ1v) is 7.79. The third-order valence-corrected chi connectivity index (χ3v) is 4.27. The van der Waals surface area contributed by atoms with Gasteiger partial charge in [-0.2, -0.15) is 0 Å². The summed E-state index contributed by atoms with van der Waals surface area (Å²) in [6.45, 7) is 3.77. The Hall–Kier alpha value is -0.980. The zero-order valence-corrected chi connectivity index (χ0v) is 12.1. The lowest BCUT2D eigenvalue weighted by Crippen LogP contribution is -2.33. The summed E-state index contributed by atoms with van der Waals surface area (Å²) in [4.78, 5) is 0.268. The minimum absolute atomic E-state index is 0.0613. The fourth-order valence-electron chi connectivity index (χ4n) is 1.47. The van der Waals surface area contributed by atoms with E-state index in [1.54, 1.807) is 24.3 Å². The van der Waals surface area contributed by atoms with Gasteiger partial charge in [0.2, 0.25) is 10.0 Å². The van der Waals surface area contributed by atoms with E-state index in [0.29, 0.717) is 11.1 Å². The van der Waals surface area contributed by atoms with Gasteiger partial charge in [-0.1, -0.05) is 37.3 Å². The third-order valence-electron chi connectivity index (χ3n) is 2.56. The van der Waals surface area contributed by atoms with Crippen LogP contribution >= 0.6 is 12.2 Å². The van der Waals surface area contributed by atoms with Crippen molar-refractivity contribution < 1.29 is 8.42 Å². The SMILES string of the molecule is CCC(C)NS(=O)(=O)Cc1cccc(C(N)=S)c1. The summed E-state index contributed by atoms with van der Waals surface area (Å²) in [5, 5.41) is 0. The number of thiocarbonyl (C=S) groups is 1. The lowest BCUT2D eigenvalue weighted by atomic mass is 10.1. The van der Waals surface area contributed by atoms with Crippen molar-refractivity contribution in [3.8, 4) is 0 Å². The zero-order chi connectivity index (χ0) is 13.8. The summed E-state index contributed by atoms with van der Waals surface area (Å²) in [7, 11) is -3.32. The molecule has 4 nitrogen and oxygen atoms in total. The lowest BCUT2D eigenvalue weighted by Gasteiger charge is -2.12. The molecule has 0 bridgehead atoms. The van der Waals surface area contributed by atoms with Crippen LogP contribution in [0.25, 0.3) is 0 Å². The van der Waals surface area contributed by atoms with E-state index in [9.17, 15) is 8.42 Å². The van der Waals surface area contributed by atoms with Crippen molar-refractivity contribution in [2.45, 2.75) is 32.1 Å². The summed E-state index contributed by atoms with van der Waals surface area (Å²) < 4.78 is 26.4. The second kappa shape index (κ2) is 6.26. The second-order valence-electron chi connectivity index (χ2n) is 4.25. The molecule has 0 aliphatic heterocycles. The predicted molar refractivity (Wildman–Crippen MR) is 77.8 cm³/mol. The largest absolute Gasteiger partial charge is 0.389 e. The average molecular weight is 286 g/mol. The van der Waals surface area contributed by atoms with E-state index in [1.807, 2.05) is 13.8 Å². The van der Waals surface area contributed by atoms with Crippen LogP contribution in [0.2, 0.25) is 0 Å². The fourth-order valence-corrected chi connectivity index (χ4v) is 3.07. The minimum Gasteiger partial charge on any atom is -0.389 e. The summed E-state index contributed by atoms with van der Waals surface area (Å²) in [6, 6.07) is 6.91. The quantitative estimate of drug-likeness (QED) is 0.778. The molecule has 6 heteroatoms. The molecule has 3 N–H and O–H groups in total. The second-order valence-corrected chi connectivity index (χ2v) is 6.44. The average Bonchev–Trinajstić information content (AvgIpc) is 2.27. The topological polar surface area (TPSA) is 72.2 Å². The molecule has 1 unspecified atom stereocenters. The molecule has 18 heavy (non-hydrogen) atoms. The zero-order valence-electron chi connectivity index (χ0n) is 10.5. The summed E-state index contributed by atoms with van der Waals surface area (Å²) in [5.41, 5.74) is 6.87. The molecule has 0 saturated heterocycles. The number of hydrogen-bond acceptors (Lipinski definition) is 3. The molecular formula is C12H18N2O2S2. The van der Waals surface area contributed by atoms with E-state index in [2.05, 4.69) is 4.72 Å². The monoisotopic (exact) mass is 286 g/mol. The van der Waals surface area contributed by atoms with Crippen molar-refractivity contribution in [1.82, 2.24) is 4.72 Å². The van der Waals surface area contributed by atoms with Gasteiger partial charge in [0.25, 0.3) is 0 Å². The Balaban J connectivity index is 2.84. The van der Waals surface area contributed by atoms with Gasteiger partial charge in [0, 0.05) is 11.6 Å². The van der Waals surface area contributed by atoms with Crippen LogP contribution in [0.3, 0.4) is 0 Å². The van der Waals surface area contributed by atoms with Crippen molar-refractivity contribution in [2.75, 3.05) is 0 Å². The molecule has 0 saturated carbocycles. The van der Waals surface area contributed by atoms with Gasteiger partial charge in [0.05, 0.1) is 5.75 Å². The van der Waals surface area contributed by atoms with E-state index in [4.69, 9.17) is 18.0 Å². The lowest BCUT2D eigenvalue weighted by molar-refractivity contribution is 0.555. The minimum atomic E-state index is -3.32. The number of benzene rings is 1. The van der Waals surface area contributed by atoms with Gasteiger partial charge in [-0.15, -0.1) is 0 Å². The number of hydrogen-bond donors (Lipinski definition) is 2. The maximum absolute atomic E-state index is 11.9. The maximum Gasteiger partial charge on any atom is 0.216 e. The molecule has 0 fully saturated rings. The predicted octanol–water partition coefficient (Wildman–Crippen LogP) is 1.54. The van der Waals surface area contributed by atoms with Gasteiger partial charge in [0.1, 0.15) is 4.99 Å². The van der Waals surface area contributed by atoms with Crippen molar-refractivity contribution in [2.24, 2.45) is 5.73 Å². The molecule has 0 spiro atoms. The number of nitrogens with one attached hydrogen (secondary N) is 1. The third kappa shape index (κ3) is 4.72. The van der Waals surface area contributed by atoms with Gasteiger partial charge < -0.3 is 5.73 Å². The molecule has 1 aromatic rings. The molecular weight excluding hydrogens is 268 g/mol. The molecule has 0 heterocycles. The van der Waals surface area contributed by atoms with Crippen LogP contribution in [0.15, 0.2) is 24.3 Å². The Labute approximate surface area is 114 Å². The first kappa shape index (κ1) is 15.1. The van der Waals surface area contributed by atoms with Gasteiger partial charge >= 0.3 is 0 Å². The summed E-state index contributed by atoms with van der Waals surface area (Å²) in [6.07, 6.45) is 0.756. The molecule has 100 valence electrons. The Morgan fingerprint density at radius 1 is 1.50 bits per heavy atom. The van der Waals surface area contributed by atoms with Crippen LogP contribution in [-0.2, 0) is 15.8 Å². The molecule has 0 aromatic heterocycles. The first-order chi connectivity index (χ1) is 8.34. The fraction of sp³-hybridized carbons (Fsp3) is 0.417. The summed E-state index contributed by atoms with van der Waals surface area (Å²) in [5.74, 6) is -0.0617. The number of rotatable bonds is 6. The highest BCUT2D eigenvalue weighted by molar-refractivity contribution is 7.88. The van der Waals surface area contributed by atoms with Crippen LogP contribution in [0.5, 0.6) is 0 Å². The molecule has 1 rings (SSSR count). The van der Waals surface area contributed by atoms with Gasteiger partial charge in [0.15, 0.2) is 0 Å². The molecule has 0 amide bonds. The smallest absolute Gasteiger partial charge is 0.216 e. The van der Waals surface area contributed by atoms with Crippen LogP contribution < -0.4 is 10.5 Å². The van der Waals surface area contributed by atoms with E-state index >= 15 is 0 Å². The number of sulfonamides is 1. The Bertz CT molecular complexity index is 527. The highest BCUT2D eigenvalue weighted by Crippen LogP contribution is 2.09. The standard InChI is InChI=1S/C12H18N2O2S2/c1-3-9(2)14-18(15,16)8-10-5-4-6-11(7-10)12(13)17/h4-7,9,14H,3,8H2,1-2H3,(H2,13,17). The van der Waals surface area contributed by atoms with E-state index < -0.39 is 10.0 Å². The van der Waals surface area contributed by atoms with E-state index in [-0.39, 0.29) is 16.8 Å². The first-order valence-electron chi connectivity index (χ1n) is 5.73.